The highest BCUT2D eigenvalue weighted by Gasteiger charge is 2.37. The maximum atomic E-state index is 13.4. The number of hydrogen-bond donors (Lipinski definition) is 0. The Hall–Kier alpha value is -3.75. The molecule has 2 aromatic carbocycles. The van der Waals surface area contributed by atoms with Gasteiger partial charge in [0.05, 0.1) is 40.2 Å². The molecule has 35 heavy (non-hydrogen) atoms. The molecule has 0 aromatic heterocycles. The normalized spacial score (nSPS) is 17.0. The first kappa shape index (κ1) is 24.4. The van der Waals surface area contributed by atoms with Gasteiger partial charge < -0.3 is 23.8 Å². The molecule has 1 aliphatic heterocycles. The van der Waals surface area contributed by atoms with Crippen molar-refractivity contribution in [1.82, 2.24) is 9.91 Å². The fourth-order valence-electron chi connectivity index (χ4n) is 4.25. The second kappa shape index (κ2) is 10.2. The lowest BCUT2D eigenvalue weighted by atomic mass is 9.97. The number of carbonyl (C=O) groups is 2. The van der Waals surface area contributed by atoms with E-state index in [1.807, 2.05) is 30.3 Å². The van der Waals surface area contributed by atoms with Crippen molar-refractivity contribution in [2.75, 3.05) is 42.0 Å². The molecule has 1 atom stereocenters. The van der Waals surface area contributed by atoms with E-state index in [4.69, 9.17) is 24.0 Å². The van der Waals surface area contributed by atoms with E-state index >= 15 is 0 Å². The Morgan fingerprint density at radius 2 is 1.66 bits per heavy atom. The van der Waals surface area contributed by atoms with Crippen molar-refractivity contribution in [1.29, 1.82) is 0 Å². The highest BCUT2D eigenvalue weighted by molar-refractivity contribution is 6.05. The van der Waals surface area contributed by atoms with Crippen LogP contribution in [0.4, 0.5) is 0 Å². The molecule has 1 aliphatic carbocycles. The van der Waals surface area contributed by atoms with E-state index in [1.54, 1.807) is 41.6 Å². The summed E-state index contributed by atoms with van der Waals surface area (Å²) in [6.45, 7) is -0.0460. The maximum Gasteiger partial charge on any atom is 0.262 e. The summed E-state index contributed by atoms with van der Waals surface area (Å²) in [5, 5.41) is 6.19. The van der Waals surface area contributed by atoms with Crippen LogP contribution in [0.25, 0.3) is 0 Å². The van der Waals surface area contributed by atoms with E-state index in [0.29, 0.717) is 35.1 Å². The Labute approximate surface area is 205 Å². The SMILES string of the molecule is COc1ccc(C2=NN(C(=O)CN(C)C(=O)C3CC3)[C@@H](c3ccc(OC)c(OC)c3)C2)c(OC)c1. The van der Waals surface area contributed by atoms with Crippen molar-refractivity contribution in [2.24, 2.45) is 11.0 Å². The summed E-state index contributed by atoms with van der Waals surface area (Å²) in [6.07, 6.45) is 2.23. The summed E-state index contributed by atoms with van der Waals surface area (Å²) in [5.74, 6) is 2.20. The van der Waals surface area contributed by atoms with Gasteiger partial charge in [0.2, 0.25) is 5.91 Å². The predicted octanol–water partition coefficient (Wildman–Crippen LogP) is 3.27. The first-order chi connectivity index (χ1) is 16.9. The Bertz CT molecular complexity index is 1140. The summed E-state index contributed by atoms with van der Waals surface area (Å²) in [7, 11) is 7.99. The second-order valence-electron chi connectivity index (χ2n) is 8.65. The molecule has 1 heterocycles. The minimum Gasteiger partial charge on any atom is -0.497 e. The molecule has 1 saturated carbocycles. The number of benzene rings is 2. The molecule has 9 heteroatoms. The van der Waals surface area contributed by atoms with E-state index in [1.165, 1.54) is 9.91 Å². The molecular formula is C26H31N3O6. The number of methoxy groups -OCH3 is 4. The van der Waals surface area contributed by atoms with Crippen molar-refractivity contribution in [2.45, 2.75) is 25.3 Å². The van der Waals surface area contributed by atoms with Crippen LogP contribution in [0.1, 0.15) is 36.4 Å². The summed E-state index contributed by atoms with van der Waals surface area (Å²) >= 11 is 0. The highest BCUT2D eigenvalue weighted by atomic mass is 16.5. The summed E-state index contributed by atoms with van der Waals surface area (Å²) in [4.78, 5) is 27.4. The van der Waals surface area contributed by atoms with Gasteiger partial charge in [0.1, 0.15) is 18.0 Å². The van der Waals surface area contributed by atoms with Gasteiger partial charge in [-0.3, -0.25) is 9.59 Å². The fourth-order valence-corrected chi connectivity index (χ4v) is 4.25. The Balaban J connectivity index is 1.68. The Morgan fingerprint density at radius 1 is 0.943 bits per heavy atom. The number of rotatable bonds is 9. The fraction of sp³-hybridized carbons (Fsp3) is 0.423. The Morgan fingerprint density at radius 3 is 2.29 bits per heavy atom. The highest BCUT2D eigenvalue weighted by Crippen LogP contribution is 2.39. The van der Waals surface area contributed by atoms with Gasteiger partial charge in [0, 0.05) is 31.0 Å². The van der Waals surface area contributed by atoms with E-state index in [0.717, 1.165) is 24.0 Å². The number of likely N-dealkylation sites (N-methyl/N-ethyl adjacent to an activating group) is 1. The van der Waals surface area contributed by atoms with Crippen LogP contribution in [0.2, 0.25) is 0 Å². The number of ether oxygens (including phenoxy) is 4. The number of hydrogen-bond acceptors (Lipinski definition) is 7. The van der Waals surface area contributed by atoms with E-state index in [2.05, 4.69) is 0 Å². The molecule has 0 bridgehead atoms. The topological polar surface area (TPSA) is 89.9 Å². The van der Waals surface area contributed by atoms with Crippen LogP contribution in [0.15, 0.2) is 41.5 Å². The van der Waals surface area contributed by atoms with Gasteiger partial charge in [0.25, 0.3) is 5.91 Å². The third kappa shape index (κ3) is 5.03. The molecule has 0 saturated heterocycles. The van der Waals surface area contributed by atoms with Crippen molar-refractivity contribution >= 4 is 17.5 Å². The van der Waals surface area contributed by atoms with Crippen molar-refractivity contribution in [3.05, 3.63) is 47.5 Å². The number of amides is 2. The largest absolute Gasteiger partial charge is 0.497 e. The first-order valence-corrected chi connectivity index (χ1v) is 11.5. The van der Waals surface area contributed by atoms with E-state index < -0.39 is 0 Å². The van der Waals surface area contributed by atoms with Gasteiger partial charge in [-0.15, -0.1) is 0 Å². The molecule has 0 spiro atoms. The average Bonchev–Trinajstić information content (AvgIpc) is 3.65. The minimum absolute atomic E-state index is 0.00115. The van der Waals surface area contributed by atoms with Gasteiger partial charge in [0.15, 0.2) is 11.5 Å². The number of nitrogens with zero attached hydrogens (tertiary/aromatic N) is 3. The Kier molecular flexibility index (Phi) is 7.14. The molecule has 2 amide bonds. The molecule has 9 nitrogen and oxygen atoms in total. The van der Waals surface area contributed by atoms with Crippen molar-refractivity contribution in [3.63, 3.8) is 0 Å². The third-order valence-electron chi connectivity index (χ3n) is 6.35. The van der Waals surface area contributed by atoms with Crippen LogP contribution in [0.3, 0.4) is 0 Å². The van der Waals surface area contributed by atoms with Crippen LogP contribution in [-0.2, 0) is 9.59 Å². The van der Waals surface area contributed by atoms with E-state index in [9.17, 15) is 9.59 Å². The molecule has 2 aliphatic rings. The standard InChI is InChI=1S/C26H31N3O6/c1-28(26(31)16-6-7-16)15-25(30)29-21(17-8-11-22(33-3)24(12-17)35-5)14-20(27-29)19-10-9-18(32-2)13-23(19)34-4/h8-13,16,21H,6-7,14-15H2,1-5H3/t21-/m1/s1. The predicted molar refractivity (Wildman–Crippen MR) is 130 cm³/mol. The summed E-state index contributed by atoms with van der Waals surface area (Å²) < 4.78 is 21.7. The molecule has 1 fully saturated rings. The van der Waals surface area contributed by atoms with Crippen LogP contribution >= 0.6 is 0 Å². The zero-order valence-electron chi connectivity index (χ0n) is 20.7. The monoisotopic (exact) mass is 481 g/mol. The number of carbonyl (C=O) groups excluding carboxylic acids is 2. The lowest BCUT2D eigenvalue weighted by molar-refractivity contribution is -0.141. The van der Waals surface area contributed by atoms with E-state index in [-0.39, 0.29) is 30.3 Å². The quantitative estimate of drug-likeness (QED) is 0.546. The van der Waals surface area contributed by atoms with Crippen LogP contribution in [0.5, 0.6) is 23.0 Å². The second-order valence-corrected chi connectivity index (χ2v) is 8.65. The van der Waals surface area contributed by atoms with Gasteiger partial charge in [-0.05, 0) is 42.7 Å². The van der Waals surface area contributed by atoms with Gasteiger partial charge >= 0.3 is 0 Å². The first-order valence-electron chi connectivity index (χ1n) is 11.5. The summed E-state index contributed by atoms with van der Waals surface area (Å²) in [6, 6.07) is 10.7. The zero-order chi connectivity index (χ0) is 25.1. The zero-order valence-corrected chi connectivity index (χ0v) is 20.7. The minimum atomic E-state index is -0.381. The van der Waals surface area contributed by atoms with Gasteiger partial charge in [-0.2, -0.15) is 5.10 Å². The molecule has 186 valence electrons. The lowest BCUT2D eigenvalue weighted by Gasteiger charge is -2.25. The maximum absolute atomic E-state index is 13.4. The summed E-state index contributed by atoms with van der Waals surface area (Å²) in [5.41, 5.74) is 2.32. The van der Waals surface area contributed by atoms with Crippen LogP contribution in [0, 0.1) is 5.92 Å². The lowest BCUT2D eigenvalue weighted by Crippen LogP contribution is -2.39. The van der Waals surface area contributed by atoms with Crippen LogP contribution in [-0.4, -0.2) is 69.5 Å². The smallest absolute Gasteiger partial charge is 0.262 e. The molecule has 0 N–H and O–H groups in total. The molecule has 0 radical (unpaired) electrons. The molecule has 4 rings (SSSR count). The van der Waals surface area contributed by atoms with Gasteiger partial charge in [-0.25, -0.2) is 5.01 Å². The van der Waals surface area contributed by atoms with Crippen LogP contribution < -0.4 is 18.9 Å². The molecule has 2 aromatic rings. The van der Waals surface area contributed by atoms with Gasteiger partial charge in [-0.1, -0.05) is 6.07 Å². The van der Waals surface area contributed by atoms with Crippen molar-refractivity contribution in [3.8, 4) is 23.0 Å². The number of hydrazone groups is 1. The third-order valence-corrected chi connectivity index (χ3v) is 6.35. The van der Waals surface area contributed by atoms with Crippen molar-refractivity contribution < 1.29 is 28.5 Å². The molecule has 0 unspecified atom stereocenters. The average molecular weight is 482 g/mol. The molecular weight excluding hydrogens is 450 g/mol.